The normalized spacial score (nSPS) is 18.1. The van der Waals surface area contributed by atoms with Gasteiger partial charge in [0.15, 0.2) is 5.75 Å². The number of likely N-dealkylation sites (tertiary alicyclic amines) is 1. The zero-order valence-electron chi connectivity index (χ0n) is 22.1. The van der Waals surface area contributed by atoms with Gasteiger partial charge >= 0.3 is 0 Å². The second-order valence-electron chi connectivity index (χ2n) is 10.5. The molecule has 1 heterocycles. The summed E-state index contributed by atoms with van der Waals surface area (Å²) >= 11 is 0. The zero-order valence-corrected chi connectivity index (χ0v) is 22.1. The van der Waals surface area contributed by atoms with Gasteiger partial charge in [0.2, 0.25) is 0 Å². The summed E-state index contributed by atoms with van der Waals surface area (Å²) in [5, 5.41) is -1.19. The maximum absolute atomic E-state index is 15.2. The first-order valence-electron chi connectivity index (χ1n) is 13.4. The van der Waals surface area contributed by atoms with Gasteiger partial charge in [-0.1, -0.05) is 35.7 Å². The van der Waals surface area contributed by atoms with Gasteiger partial charge in [-0.25, -0.2) is 4.39 Å². The van der Waals surface area contributed by atoms with Crippen molar-refractivity contribution in [3.63, 3.8) is 0 Å². The van der Waals surface area contributed by atoms with Gasteiger partial charge in [-0.15, -0.1) is 0 Å². The molecule has 3 aromatic carbocycles. The average molecular weight is 527 g/mol. The fraction of sp³-hybridized carbons (Fsp3) is 0.355. The molecule has 1 aliphatic carbocycles. The standard InChI is InChI=1S/C31H30B2F3NO2/c1-20-5-11-27(29(35)17-20)28-4-2-3-22-18-24(39-36)10-12-26(22)30(28)21-6-8-23(9-7-21)38-25-13-16-37(19-25)31(32,33)14-15-34/h5-12,17-18,25H,2-4,13-16,19H2,1H3/t25-/m0/s1. The Morgan fingerprint density at radius 2 is 1.72 bits per heavy atom. The molecule has 5 rings (SSSR count). The molecule has 8 heteroatoms. The van der Waals surface area contributed by atoms with Crippen LogP contribution in [-0.2, 0) is 6.42 Å². The first-order chi connectivity index (χ1) is 18.8. The van der Waals surface area contributed by atoms with Crippen molar-refractivity contribution in [2.24, 2.45) is 0 Å². The van der Waals surface area contributed by atoms with Crippen LogP contribution in [-0.4, -0.2) is 51.8 Å². The van der Waals surface area contributed by atoms with Gasteiger partial charge in [-0.3, -0.25) is 9.33 Å². The quantitative estimate of drug-likeness (QED) is 0.313. The van der Waals surface area contributed by atoms with E-state index < -0.39 is 12.0 Å². The Bertz CT molecular complexity index is 1360. The Morgan fingerprint density at radius 3 is 2.44 bits per heavy atom. The highest BCUT2D eigenvalue weighted by Gasteiger charge is 2.33. The van der Waals surface area contributed by atoms with Crippen molar-refractivity contribution in [3.05, 3.63) is 94.3 Å². The summed E-state index contributed by atoms with van der Waals surface area (Å²) in [5.41, 5.74) is 6.05. The van der Waals surface area contributed by atoms with Crippen molar-refractivity contribution in [2.75, 3.05) is 19.8 Å². The number of allylic oxidation sites excluding steroid dienone is 1. The third-order valence-corrected chi connectivity index (χ3v) is 7.73. The largest absolute Gasteiger partial charge is 0.489 e. The summed E-state index contributed by atoms with van der Waals surface area (Å²) in [6.07, 6.45) is 2.87. The van der Waals surface area contributed by atoms with Gasteiger partial charge in [0.1, 0.15) is 17.7 Å². The molecule has 3 aromatic rings. The predicted molar refractivity (Wildman–Crippen MR) is 150 cm³/mol. The van der Waals surface area contributed by atoms with Crippen molar-refractivity contribution >= 4 is 26.8 Å². The second kappa shape index (κ2) is 11.5. The van der Waals surface area contributed by atoms with E-state index in [1.165, 1.54) is 0 Å². The number of aryl methyl sites for hydroxylation is 2. The maximum Gasteiger partial charge on any atom is 0.172 e. The van der Waals surface area contributed by atoms with E-state index in [0.717, 1.165) is 52.7 Å². The third kappa shape index (κ3) is 5.91. The Morgan fingerprint density at radius 1 is 0.974 bits per heavy atom. The minimum absolute atomic E-state index is 0.0634. The first kappa shape index (κ1) is 27.4. The van der Waals surface area contributed by atoms with Crippen LogP contribution < -0.4 is 9.68 Å². The average Bonchev–Trinajstić information content (AvgIpc) is 3.31. The number of halogens is 3. The summed E-state index contributed by atoms with van der Waals surface area (Å²) < 4.78 is 47.3. The molecule has 1 fully saturated rings. The Hall–Kier alpha value is -3.12. The van der Waals surface area contributed by atoms with E-state index in [2.05, 4.69) is 4.94 Å². The lowest BCUT2D eigenvalue weighted by Crippen LogP contribution is -2.49. The van der Waals surface area contributed by atoms with E-state index in [-0.39, 0.29) is 24.1 Å². The van der Waals surface area contributed by atoms with Crippen molar-refractivity contribution in [2.45, 2.75) is 50.5 Å². The lowest BCUT2D eigenvalue weighted by Gasteiger charge is -2.36. The number of benzene rings is 3. The molecule has 4 radical (unpaired) electrons. The summed E-state index contributed by atoms with van der Waals surface area (Å²) in [6.45, 7) is 2.44. The SMILES string of the molecule is [B]C([B])(CCF)N1CC[C@H](Oc2ccc(C3=C(c4ccc(C)cc4F)CCCc4cc(OF)ccc43)cc2)C1. The monoisotopic (exact) mass is 527 g/mol. The van der Waals surface area contributed by atoms with Gasteiger partial charge in [0.05, 0.1) is 22.4 Å². The Balaban J connectivity index is 1.48. The molecule has 2 aliphatic rings. The number of alkyl halides is 1. The molecule has 1 saturated heterocycles. The van der Waals surface area contributed by atoms with Crippen molar-refractivity contribution in [1.82, 2.24) is 4.90 Å². The highest BCUT2D eigenvalue weighted by molar-refractivity contribution is 6.39. The van der Waals surface area contributed by atoms with Gasteiger partial charge in [-0.2, -0.15) is 0 Å². The van der Waals surface area contributed by atoms with E-state index in [1.807, 2.05) is 54.3 Å². The predicted octanol–water partition coefficient (Wildman–Crippen LogP) is 6.50. The van der Waals surface area contributed by atoms with E-state index in [4.69, 9.17) is 20.4 Å². The van der Waals surface area contributed by atoms with Crippen LogP contribution in [0.3, 0.4) is 0 Å². The molecule has 1 atom stereocenters. The van der Waals surface area contributed by atoms with Crippen molar-refractivity contribution in [1.29, 1.82) is 0 Å². The molecule has 0 amide bonds. The third-order valence-electron chi connectivity index (χ3n) is 7.73. The number of nitrogens with zero attached hydrogens (tertiary/aromatic N) is 1. The van der Waals surface area contributed by atoms with Crippen LogP contribution in [0.1, 0.15) is 53.5 Å². The van der Waals surface area contributed by atoms with Crippen LogP contribution in [0.2, 0.25) is 0 Å². The number of rotatable bonds is 8. The number of hydrogen-bond acceptors (Lipinski definition) is 3. The Labute approximate surface area is 230 Å². The second-order valence-corrected chi connectivity index (χ2v) is 10.5. The molecule has 198 valence electrons. The van der Waals surface area contributed by atoms with Crippen LogP contribution in [0.15, 0.2) is 60.7 Å². The minimum atomic E-state index is -1.19. The first-order valence-corrected chi connectivity index (χ1v) is 13.4. The molecule has 0 aromatic heterocycles. The van der Waals surface area contributed by atoms with Gasteiger partial charge < -0.3 is 9.64 Å². The summed E-state index contributed by atoms with van der Waals surface area (Å²) in [4.78, 5) is 5.85. The zero-order chi connectivity index (χ0) is 27.6. The lowest BCUT2D eigenvalue weighted by molar-refractivity contribution is -0.00629. The molecule has 0 saturated carbocycles. The van der Waals surface area contributed by atoms with Crippen molar-refractivity contribution < 1.29 is 23.0 Å². The van der Waals surface area contributed by atoms with E-state index in [9.17, 15) is 8.92 Å². The van der Waals surface area contributed by atoms with Gasteiger partial charge in [0, 0.05) is 23.2 Å². The highest BCUT2D eigenvalue weighted by atomic mass is 19.3. The fourth-order valence-corrected chi connectivity index (χ4v) is 5.68. The molecule has 0 unspecified atom stereocenters. The smallest absolute Gasteiger partial charge is 0.172 e. The van der Waals surface area contributed by atoms with E-state index in [1.54, 1.807) is 18.2 Å². The molecule has 39 heavy (non-hydrogen) atoms. The summed E-state index contributed by atoms with van der Waals surface area (Å²) in [7, 11) is 12.2. The molecule has 0 spiro atoms. The number of fused-ring (bicyclic) bond motifs is 1. The molecule has 1 aliphatic heterocycles. The lowest BCUT2D eigenvalue weighted by atomic mass is 9.59. The maximum atomic E-state index is 15.2. The van der Waals surface area contributed by atoms with E-state index in [0.29, 0.717) is 30.8 Å². The highest BCUT2D eigenvalue weighted by Crippen LogP contribution is 2.42. The molecular weight excluding hydrogens is 497 g/mol. The molecule has 0 bridgehead atoms. The topological polar surface area (TPSA) is 21.7 Å². The fourth-order valence-electron chi connectivity index (χ4n) is 5.68. The van der Waals surface area contributed by atoms with Crippen LogP contribution in [0.5, 0.6) is 11.5 Å². The van der Waals surface area contributed by atoms with Crippen LogP contribution in [0, 0.1) is 12.7 Å². The van der Waals surface area contributed by atoms with Gasteiger partial charge in [-0.05, 0) is 103 Å². The van der Waals surface area contributed by atoms with Crippen LogP contribution >= 0.6 is 0 Å². The Kier molecular flexibility index (Phi) is 8.13. The molecule has 3 nitrogen and oxygen atoms in total. The molecular formula is C31H30B2F3NO2. The van der Waals surface area contributed by atoms with Crippen LogP contribution in [0.4, 0.5) is 13.3 Å². The number of hydrogen-bond donors (Lipinski definition) is 0. The van der Waals surface area contributed by atoms with Crippen LogP contribution in [0.25, 0.3) is 11.1 Å². The minimum Gasteiger partial charge on any atom is -0.489 e. The summed E-state index contributed by atoms with van der Waals surface area (Å²) in [6, 6.07) is 18.2. The number of ether oxygens (including phenoxy) is 1. The van der Waals surface area contributed by atoms with Crippen molar-refractivity contribution in [3.8, 4) is 11.5 Å². The van der Waals surface area contributed by atoms with Gasteiger partial charge in [0.25, 0.3) is 0 Å². The summed E-state index contributed by atoms with van der Waals surface area (Å²) in [5.74, 6) is 0.580. The molecule has 0 N–H and O–H groups in total. The van der Waals surface area contributed by atoms with E-state index >= 15 is 4.39 Å².